The standard InChI is InChI=1S/C17H23NO4/c1-16(2)8-11(9-17(3,4)18-16)13-7-10(14(19)20)5-6-12(13)15(21)22/h5-7,11,18H,8-9H2,1-4H3,(H,19,20)(H,21,22). The second kappa shape index (κ2) is 5.39. The summed E-state index contributed by atoms with van der Waals surface area (Å²) in [6, 6.07) is 4.28. The first-order valence-electron chi connectivity index (χ1n) is 7.41. The summed E-state index contributed by atoms with van der Waals surface area (Å²) in [6.07, 6.45) is 1.53. The molecule has 0 aliphatic carbocycles. The van der Waals surface area contributed by atoms with E-state index in [0.717, 1.165) is 12.8 Å². The largest absolute Gasteiger partial charge is 0.478 e. The fraction of sp³-hybridized carbons (Fsp3) is 0.529. The van der Waals surface area contributed by atoms with Gasteiger partial charge in [0.1, 0.15) is 0 Å². The van der Waals surface area contributed by atoms with E-state index in [1.165, 1.54) is 18.2 Å². The quantitative estimate of drug-likeness (QED) is 0.798. The van der Waals surface area contributed by atoms with Gasteiger partial charge in [0.05, 0.1) is 11.1 Å². The summed E-state index contributed by atoms with van der Waals surface area (Å²) in [5, 5.41) is 22.2. The lowest BCUT2D eigenvalue weighted by Gasteiger charge is -2.47. The van der Waals surface area contributed by atoms with Crippen molar-refractivity contribution in [2.45, 2.75) is 57.5 Å². The molecule has 1 aromatic rings. The molecule has 0 saturated carbocycles. The summed E-state index contributed by atoms with van der Waals surface area (Å²) in [7, 11) is 0. The van der Waals surface area contributed by atoms with E-state index in [2.05, 4.69) is 33.0 Å². The third-order valence-corrected chi connectivity index (χ3v) is 4.16. The van der Waals surface area contributed by atoms with Crippen molar-refractivity contribution >= 4 is 11.9 Å². The Morgan fingerprint density at radius 3 is 2.05 bits per heavy atom. The van der Waals surface area contributed by atoms with Crippen LogP contribution >= 0.6 is 0 Å². The molecular formula is C17H23NO4. The zero-order valence-corrected chi connectivity index (χ0v) is 13.4. The number of hydrogen-bond acceptors (Lipinski definition) is 3. The molecule has 0 bridgehead atoms. The average molecular weight is 305 g/mol. The van der Waals surface area contributed by atoms with E-state index >= 15 is 0 Å². The van der Waals surface area contributed by atoms with Gasteiger partial charge in [-0.05, 0) is 70.2 Å². The van der Waals surface area contributed by atoms with Crippen LogP contribution in [-0.2, 0) is 0 Å². The smallest absolute Gasteiger partial charge is 0.335 e. The van der Waals surface area contributed by atoms with Crippen LogP contribution < -0.4 is 5.32 Å². The molecular weight excluding hydrogens is 282 g/mol. The van der Waals surface area contributed by atoms with Crippen LogP contribution in [0.1, 0.15) is 72.7 Å². The van der Waals surface area contributed by atoms with Crippen molar-refractivity contribution in [2.24, 2.45) is 0 Å². The Hall–Kier alpha value is -1.88. The minimum Gasteiger partial charge on any atom is -0.478 e. The maximum absolute atomic E-state index is 11.5. The number of nitrogens with one attached hydrogen (secondary N) is 1. The molecule has 5 heteroatoms. The van der Waals surface area contributed by atoms with Crippen LogP contribution in [0.4, 0.5) is 0 Å². The summed E-state index contributed by atoms with van der Waals surface area (Å²) in [5.74, 6) is -2.04. The Labute approximate surface area is 130 Å². The van der Waals surface area contributed by atoms with E-state index in [0.29, 0.717) is 5.56 Å². The minimum absolute atomic E-state index is 0.0108. The van der Waals surface area contributed by atoms with E-state index < -0.39 is 11.9 Å². The molecule has 1 aliphatic rings. The van der Waals surface area contributed by atoms with Gasteiger partial charge >= 0.3 is 11.9 Å². The normalized spacial score (nSPS) is 20.5. The van der Waals surface area contributed by atoms with Crippen molar-refractivity contribution in [1.82, 2.24) is 5.32 Å². The highest BCUT2D eigenvalue weighted by molar-refractivity contribution is 5.93. The molecule has 22 heavy (non-hydrogen) atoms. The van der Waals surface area contributed by atoms with Gasteiger partial charge in [0.15, 0.2) is 0 Å². The fourth-order valence-electron chi connectivity index (χ4n) is 3.77. The predicted molar refractivity (Wildman–Crippen MR) is 83.6 cm³/mol. The predicted octanol–water partition coefficient (Wildman–Crippen LogP) is 3.11. The van der Waals surface area contributed by atoms with Crippen molar-refractivity contribution in [3.8, 4) is 0 Å². The zero-order valence-electron chi connectivity index (χ0n) is 13.4. The maximum atomic E-state index is 11.5. The van der Waals surface area contributed by atoms with Crippen molar-refractivity contribution < 1.29 is 19.8 Å². The van der Waals surface area contributed by atoms with Crippen LogP contribution in [0.2, 0.25) is 0 Å². The van der Waals surface area contributed by atoms with Gasteiger partial charge in [-0.3, -0.25) is 0 Å². The number of benzene rings is 1. The van der Waals surface area contributed by atoms with E-state index in [9.17, 15) is 19.8 Å². The number of carbonyl (C=O) groups is 2. The van der Waals surface area contributed by atoms with Gasteiger partial charge in [0, 0.05) is 11.1 Å². The molecule has 3 N–H and O–H groups in total. The fourth-order valence-corrected chi connectivity index (χ4v) is 3.77. The van der Waals surface area contributed by atoms with Crippen LogP contribution in [-0.4, -0.2) is 33.2 Å². The first kappa shape index (κ1) is 16.5. The SMILES string of the molecule is CC1(C)CC(c2cc(C(=O)O)ccc2C(=O)O)CC(C)(C)N1. The lowest BCUT2D eigenvalue weighted by Crippen LogP contribution is -2.57. The van der Waals surface area contributed by atoms with Crippen molar-refractivity contribution in [3.05, 3.63) is 34.9 Å². The molecule has 1 heterocycles. The lowest BCUT2D eigenvalue weighted by atomic mass is 9.72. The molecule has 0 spiro atoms. The monoisotopic (exact) mass is 305 g/mol. The van der Waals surface area contributed by atoms with Gasteiger partial charge < -0.3 is 15.5 Å². The number of rotatable bonds is 3. The van der Waals surface area contributed by atoms with Crippen LogP contribution in [0.25, 0.3) is 0 Å². The molecule has 1 fully saturated rings. The van der Waals surface area contributed by atoms with Gasteiger partial charge in [-0.15, -0.1) is 0 Å². The van der Waals surface area contributed by atoms with E-state index in [4.69, 9.17) is 0 Å². The third kappa shape index (κ3) is 3.47. The van der Waals surface area contributed by atoms with Gasteiger partial charge in [0.2, 0.25) is 0 Å². The highest BCUT2D eigenvalue weighted by Gasteiger charge is 2.39. The number of carboxylic acid groups (broad SMARTS) is 2. The van der Waals surface area contributed by atoms with E-state index in [1.54, 1.807) is 0 Å². The van der Waals surface area contributed by atoms with Crippen molar-refractivity contribution in [3.63, 3.8) is 0 Å². The lowest BCUT2D eigenvalue weighted by molar-refractivity contribution is 0.0678. The van der Waals surface area contributed by atoms with Gasteiger partial charge in [0.25, 0.3) is 0 Å². The molecule has 5 nitrogen and oxygen atoms in total. The molecule has 0 atom stereocenters. The first-order chi connectivity index (χ1) is 10.0. The van der Waals surface area contributed by atoms with Crippen LogP contribution in [0.15, 0.2) is 18.2 Å². The molecule has 1 aromatic carbocycles. The van der Waals surface area contributed by atoms with Crippen molar-refractivity contribution in [1.29, 1.82) is 0 Å². The van der Waals surface area contributed by atoms with Crippen LogP contribution in [0.5, 0.6) is 0 Å². The second-order valence-electron chi connectivity index (χ2n) is 7.41. The minimum atomic E-state index is -1.04. The Kier molecular flexibility index (Phi) is 4.04. The number of hydrogen-bond donors (Lipinski definition) is 3. The Morgan fingerprint density at radius 1 is 1.05 bits per heavy atom. The summed E-state index contributed by atoms with van der Waals surface area (Å²) in [5.41, 5.74) is 0.677. The summed E-state index contributed by atoms with van der Waals surface area (Å²) >= 11 is 0. The van der Waals surface area contributed by atoms with Crippen molar-refractivity contribution in [2.75, 3.05) is 0 Å². The Bertz CT molecular complexity index is 603. The summed E-state index contributed by atoms with van der Waals surface area (Å²) in [6.45, 7) is 8.34. The summed E-state index contributed by atoms with van der Waals surface area (Å²) in [4.78, 5) is 22.7. The molecule has 0 amide bonds. The van der Waals surface area contributed by atoms with E-state index in [-0.39, 0.29) is 28.1 Å². The van der Waals surface area contributed by atoms with Gasteiger partial charge in [-0.1, -0.05) is 0 Å². The van der Waals surface area contributed by atoms with Crippen LogP contribution in [0.3, 0.4) is 0 Å². The topological polar surface area (TPSA) is 86.6 Å². The third-order valence-electron chi connectivity index (χ3n) is 4.16. The Morgan fingerprint density at radius 2 is 1.59 bits per heavy atom. The Balaban J connectivity index is 2.51. The molecule has 120 valence electrons. The molecule has 1 saturated heterocycles. The van der Waals surface area contributed by atoms with Gasteiger partial charge in [-0.25, -0.2) is 9.59 Å². The maximum Gasteiger partial charge on any atom is 0.335 e. The number of piperidine rings is 1. The second-order valence-corrected chi connectivity index (χ2v) is 7.41. The highest BCUT2D eigenvalue weighted by Crippen LogP contribution is 2.40. The molecule has 0 aromatic heterocycles. The van der Waals surface area contributed by atoms with Gasteiger partial charge in [-0.2, -0.15) is 0 Å². The molecule has 2 rings (SSSR count). The molecule has 0 unspecified atom stereocenters. The average Bonchev–Trinajstić information content (AvgIpc) is 2.34. The first-order valence-corrected chi connectivity index (χ1v) is 7.41. The van der Waals surface area contributed by atoms with E-state index in [1.807, 2.05) is 0 Å². The zero-order chi connectivity index (χ0) is 16.7. The molecule has 1 aliphatic heterocycles. The van der Waals surface area contributed by atoms with Crippen LogP contribution in [0, 0.1) is 0 Å². The summed E-state index contributed by atoms with van der Waals surface area (Å²) < 4.78 is 0. The molecule has 0 radical (unpaired) electrons. The number of aromatic carboxylic acids is 2. The highest BCUT2D eigenvalue weighted by atomic mass is 16.4. The number of carboxylic acids is 2.